The Morgan fingerprint density at radius 3 is 0.931 bits per heavy atom. The Hall–Kier alpha value is -1.53. The van der Waals surface area contributed by atoms with Crippen LogP contribution in [0.4, 0.5) is 0 Å². The number of carbonyl (C=O) groups excluding carboxylic acids is 1. The van der Waals surface area contributed by atoms with E-state index in [0.717, 1.165) is 38.5 Å². The van der Waals surface area contributed by atoms with Crippen molar-refractivity contribution in [3.8, 4) is 0 Å². The number of ether oxygens (including phenoxy) is 4. The predicted octanol–water partition coefficient (Wildman–Crippen LogP) is 21.4. The van der Waals surface area contributed by atoms with Crippen molar-refractivity contribution >= 4 is 5.91 Å². The van der Waals surface area contributed by atoms with Gasteiger partial charge in [-0.2, -0.15) is 0 Å². The largest absolute Gasteiger partial charge is 0.394 e. The first-order valence-electron chi connectivity index (χ1n) is 44.6. The fourth-order valence-electron chi connectivity index (χ4n) is 15.1. The van der Waals surface area contributed by atoms with Gasteiger partial charge in [-0.25, -0.2) is 0 Å². The average molecular weight is 1450 g/mol. The van der Waals surface area contributed by atoms with Crippen molar-refractivity contribution in [1.29, 1.82) is 0 Å². The van der Waals surface area contributed by atoms with Crippen LogP contribution in [0.15, 0.2) is 24.3 Å². The second-order valence-electron chi connectivity index (χ2n) is 31.7. The molecule has 0 bridgehead atoms. The van der Waals surface area contributed by atoms with E-state index in [9.17, 15) is 45.6 Å². The van der Waals surface area contributed by atoms with Gasteiger partial charge in [-0.1, -0.05) is 411 Å². The molecule has 0 spiro atoms. The normalized spacial score (nSPS) is 21.7. The zero-order valence-electron chi connectivity index (χ0n) is 66.6. The van der Waals surface area contributed by atoms with E-state index in [1.165, 1.54) is 372 Å². The molecule has 0 radical (unpaired) electrons. The molecule has 2 aliphatic heterocycles. The maximum absolute atomic E-state index is 13.4. The van der Waals surface area contributed by atoms with Gasteiger partial charge in [0.15, 0.2) is 12.6 Å². The van der Waals surface area contributed by atoms with E-state index in [-0.39, 0.29) is 18.9 Å². The Bertz CT molecular complexity index is 1810. The van der Waals surface area contributed by atoms with Crippen molar-refractivity contribution in [1.82, 2.24) is 5.32 Å². The lowest BCUT2D eigenvalue weighted by Gasteiger charge is -2.46. The molecule has 0 aromatic heterocycles. The summed E-state index contributed by atoms with van der Waals surface area (Å²) in [5, 5.41) is 87.8. The molecule has 14 heteroatoms. The van der Waals surface area contributed by atoms with Gasteiger partial charge in [-0.3, -0.25) is 4.79 Å². The molecule has 2 saturated heterocycles. The minimum atomic E-state index is -1.79. The molecule has 0 saturated carbocycles. The molecule has 0 aliphatic carbocycles. The predicted molar refractivity (Wildman–Crippen MR) is 425 cm³/mol. The third kappa shape index (κ3) is 54.1. The van der Waals surface area contributed by atoms with Crippen molar-refractivity contribution in [2.75, 3.05) is 19.8 Å². The van der Waals surface area contributed by atoms with Gasteiger partial charge in [-0.15, -0.1) is 0 Å². The van der Waals surface area contributed by atoms with Gasteiger partial charge in [0.1, 0.15) is 48.8 Å². The molecule has 2 aliphatic rings. The van der Waals surface area contributed by atoms with E-state index < -0.39 is 86.8 Å². The molecule has 12 atom stereocenters. The first kappa shape index (κ1) is 96.5. The molecule has 2 rings (SSSR count). The highest BCUT2D eigenvalue weighted by Gasteiger charge is 2.51. The molecule has 2 fully saturated rings. The van der Waals surface area contributed by atoms with E-state index in [2.05, 4.69) is 31.3 Å². The van der Waals surface area contributed by atoms with Crippen LogP contribution in [-0.4, -0.2) is 140 Å². The molecule has 0 aromatic carbocycles. The highest BCUT2D eigenvalue weighted by molar-refractivity contribution is 5.76. The van der Waals surface area contributed by atoms with E-state index in [1.54, 1.807) is 6.08 Å². The maximum Gasteiger partial charge on any atom is 0.220 e. The quantitative estimate of drug-likeness (QED) is 0.0204. The number of nitrogens with one attached hydrogen (secondary N) is 1. The zero-order valence-corrected chi connectivity index (χ0v) is 66.6. The topological polar surface area (TPSA) is 228 Å². The Balaban J connectivity index is 1.56. The van der Waals surface area contributed by atoms with Crippen LogP contribution in [0, 0.1) is 0 Å². The molecule has 12 unspecified atom stereocenters. The number of aliphatic hydroxyl groups is 8. The minimum absolute atomic E-state index is 0.228. The molecule has 2 heterocycles. The van der Waals surface area contributed by atoms with Gasteiger partial charge >= 0.3 is 0 Å². The molecule has 102 heavy (non-hydrogen) atoms. The lowest BCUT2D eigenvalue weighted by molar-refractivity contribution is -0.359. The number of hydrogen-bond donors (Lipinski definition) is 9. The molecule has 0 aromatic rings. The third-order valence-electron chi connectivity index (χ3n) is 22.1. The number of rotatable bonds is 77. The lowest BCUT2D eigenvalue weighted by Crippen LogP contribution is -2.65. The number of hydrogen-bond acceptors (Lipinski definition) is 13. The number of unbranched alkanes of at least 4 members (excludes halogenated alkanes) is 62. The smallest absolute Gasteiger partial charge is 0.220 e. The first-order chi connectivity index (χ1) is 50.1. The van der Waals surface area contributed by atoms with Crippen molar-refractivity contribution in [3.63, 3.8) is 0 Å². The third-order valence-corrected chi connectivity index (χ3v) is 22.1. The Labute approximate surface area is 628 Å². The Morgan fingerprint density at radius 2 is 0.618 bits per heavy atom. The zero-order chi connectivity index (χ0) is 73.7. The summed E-state index contributed by atoms with van der Waals surface area (Å²) in [6, 6.07) is -0.914. The summed E-state index contributed by atoms with van der Waals surface area (Å²) in [6.45, 7) is 2.88. The highest BCUT2D eigenvalue weighted by Crippen LogP contribution is 2.31. The SMILES string of the molecule is CCCCCCCCCC/C=C\CCCCCCCCCCCCCCCCCCCCCCCCCCCCCC(=O)NC(COC1OC(CO)C(OC2OC(CO)C(O)C(O)C2O)C(O)C1O)C(O)/C=C/CCCCCCCCCCCCCCCCCCCCCCCCCCCCC. The van der Waals surface area contributed by atoms with Crippen molar-refractivity contribution in [3.05, 3.63) is 24.3 Å². The van der Waals surface area contributed by atoms with Crippen molar-refractivity contribution in [2.24, 2.45) is 0 Å². The van der Waals surface area contributed by atoms with E-state index in [4.69, 9.17) is 18.9 Å². The Kier molecular flexibility index (Phi) is 68.5. The molecular formula is C88H169NO13. The van der Waals surface area contributed by atoms with Crippen LogP contribution in [0.5, 0.6) is 0 Å². The van der Waals surface area contributed by atoms with Crippen LogP contribution >= 0.6 is 0 Å². The van der Waals surface area contributed by atoms with Crippen molar-refractivity contribution < 1.29 is 64.6 Å². The number of aliphatic hydroxyl groups excluding tert-OH is 8. The monoisotopic (exact) mass is 1450 g/mol. The molecule has 604 valence electrons. The summed E-state index contributed by atoms with van der Waals surface area (Å²) in [4.78, 5) is 13.4. The average Bonchev–Trinajstić information content (AvgIpc) is 0.790. The summed E-state index contributed by atoms with van der Waals surface area (Å²) < 4.78 is 23.0. The van der Waals surface area contributed by atoms with E-state index >= 15 is 0 Å². The summed E-state index contributed by atoms with van der Waals surface area (Å²) >= 11 is 0. The molecule has 1 amide bonds. The van der Waals surface area contributed by atoms with Gasteiger partial charge in [0.25, 0.3) is 0 Å². The first-order valence-corrected chi connectivity index (χ1v) is 44.6. The summed E-state index contributed by atoms with van der Waals surface area (Å²) in [5.74, 6) is -0.228. The Morgan fingerprint density at radius 1 is 0.343 bits per heavy atom. The van der Waals surface area contributed by atoms with Crippen LogP contribution in [-0.2, 0) is 23.7 Å². The van der Waals surface area contributed by atoms with Crippen LogP contribution in [0.2, 0.25) is 0 Å². The van der Waals surface area contributed by atoms with Gasteiger partial charge < -0.3 is 65.1 Å². The lowest BCUT2D eigenvalue weighted by atomic mass is 9.97. The van der Waals surface area contributed by atoms with Crippen molar-refractivity contribution in [2.45, 2.75) is 511 Å². The maximum atomic E-state index is 13.4. The fourth-order valence-corrected chi connectivity index (χ4v) is 15.1. The van der Waals surface area contributed by atoms with Gasteiger partial charge in [0, 0.05) is 6.42 Å². The molecular weight excluding hydrogens is 1280 g/mol. The second-order valence-corrected chi connectivity index (χ2v) is 31.7. The standard InChI is InChI=1S/C88H169NO13/c1-3-5-7-9-11-13-15-17-19-21-23-25-27-29-31-33-34-35-36-37-38-39-40-41-42-44-46-48-50-52-54-56-58-60-62-64-66-68-70-72-80(93)89-76(75-99-87-85(98)83(96)86(79(74-91)101-87)102-88-84(97)82(95)81(94)78(73-90)100-88)77(92)71-69-67-65-63-61-59-57-55-53-51-49-47-45-43-32-30-28-26-24-22-20-18-16-14-12-10-8-6-4-2/h21,23,69,71,76-79,81-88,90-92,94-98H,3-20,22,24-68,70,72-75H2,1-2H3,(H,89,93)/b23-21-,71-69+. The van der Waals surface area contributed by atoms with Gasteiger partial charge in [-0.05, 0) is 44.9 Å². The van der Waals surface area contributed by atoms with E-state index in [1.807, 2.05) is 6.08 Å². The number of allylic oxidation sites excluding steroid dienone is 3. The van der Waals surface area contributed by atoms with Crippen LogP contribution < -0.4 is 5.32 Å². The van der Waals surface area contributed by atoms with Crippen LogP contribution in [0.3, 0.4) is 0 Å². The second kappa shape index (κ2) is 72.3. The molecule has 9 N–H and O–H groups in total. The van der Waals surface area contributed by atoms with Gasteiger partial charge in [0.05, 0.1) is 32.0 Å². The summed E-state index contributed by atoms with van der Waals surface area (Å²) in [6.07, 6.45) is 78.7. The summed E-state index contributed by atoms with van der Waals surface area (Å²) in [5.41, 5.74) is 0. The number of carbonyl (C=O) groups is 1. The highest BCUT2D eigenvalue weighted by atomic mass is 16.7. The van der Waals surface area contributed by atoms with Gasteiger partial charge in [0.2, 0.25) is 5.91 Å². The van der Waals surface area contributed by atoms with E-state index in [0.29, 0.717) is 6.42 Å². The summed E-state index contributed by atoms with van der Waals surface area (Å²) in [7, 11) is 0. The minimum Gasteiger partial charge on any atom is -0.394 e. The van der Waals surface area contributed by atoms with Crippen LogP contribution in [0.25, 0.3) is 0 Å². The number of amides is 1. The molecule has 14 nitrogen and oxygen atoms in total. The fraction of sp³-hybridized carbons (Fsp3) is 0.943. The van der Waals surface area contributed by atoms with Crippen LogP contribution in [0.1, 0.15) is 438 Å².